The molecular weight excluding hydrogens is 146 g/mol. The van der Waals surface area contributed by atoms with E-state index >= 15 is 0 Å². The zero-order chi connectivity index (χ0) is 8.15. The van der Waals surface area contributed by atoms with Crippen LogP contribution in [0.15, 0.2) is 0 Å². The molecular formula is C8H18ClN. The standard InChI is InChI=1S/C8H18ClN/c1-7(2)10(4)6-5-8(3)9/h7-8H,5-6H2,1-4H3. The van der Waals surface area contributed by atoms with Gasteiger partial charge in [0.1, 0.15) is 0 Å². The van der Waals surface area contributed by atoms with E-state index in [2.05, 4.69) is 25.8 Å². The minimum atomic E-state index is 0.307. The third-order valence-electron chi connectivity index (χ3n) is 1.76. The lowest BCUT2D eigenvalue weighted by atomic mass is 10.3. The van der Waals surface area contributed by atoms with Gasteiger partial charge >= 0.3 is 0 Å². The predicted octanol–water partition coefficient (Wildman–Crippen LogP) is 2.34. The van der Waals surface area contributed by atoms with Crippen molar-refractivity contribution >= 4 is 11.6 Å². The molecule has 10 heavy (non-hydrogen) atoms. The molecule has 62 valence electrons. The van der Waals surface area contributed by atoms with E-state index in [1.165, 1.54) is 0 Å². The molecule has 0 bridgehead atoms. The Bertz CT molecular complexity index is 81.3. The predicted molar refractivity (Wildman–Crippen MR) is 47.7 cm³/mol. The van der Waals surface area contributed by atoms with Gasteiger partial charge in [-0.3, -0.25) is 0 Å². The topological polar surface area (TPSA) is 3.24 Å². The summed E-state index contributed by atoms with van der Waals surface area (Å²) in [6.45, 7) is 7.52. The summed E-state index contributed by atoms with van der Waals surface area (Å²) < 4.78 is 0. The van der Waals surface area contributed by atoms with Gasteiger partial charge in [0, 0.05) is 11.4 Å². The second-order valence-electron chi connectivity index (χ2n) is 3.14. The van der Waals surface area contributed by atoms with E-state index in [0.29, 0.717) is 11.4 Å². The molecule has 0 spiro atoms. The average Bonchev–Trinajstić information content (AvgIpc) is 1.82. The Kier molecular flexibility index (Phi) is 5.10. The second-order valence-corrected chi connectivity index (χ2v) is 3.89. The Morgan fingerprint density at radius 3 is 2.10 bits per heavy atom. The normalized spacial score (nSPS) is 14.7. The molecule has 0 aromatic carbocycles. The Labute approximate surface area is 69.4 Å². The van der Waals surface area contributed by atoms with Gasteiger partial charge in [0.25, 0.3) is 0 Å². The number of rotatable bonds is 4. The Morgan fingerprint density at radius 2 is 1.80 bits per heavy atom. The average molecular weight is 164 g/mol. The fraction of sp³-hybridized carbons (Fsp3) is 1.00. The summed E-state index contributed by atoms with van der Waals surface area (Å²) >= 11 is 5.80. The molecule has 1 nitrogen and oxygen atoms in total. The van der Waals surface area contributed by atoms with Crippen LogP contribution in [-0.2, 0) is 0 Å². The van der Waals surface area contributed by atoms with E-state index in [9.17, 15) is 0 Å². The van der Waals surface area contributed by atoms with Gasteiger partial charge in [-0.25, -0.2) is 0 Å². The maximum atomic E-state index is 5.80. The molecule has 0 aliphatic rings. The summed E-state index contributed by atoms with van der Waals surface area (Å²) in [4.78, 5) is 2.30. The maximum Gasteiger partial charge on any atom is 0.0320 e. The number of hydrogen-bond acceptors (Lipinski definition) is 1. The molecule has 1 unspecified atom stereocenters. The molecule has 0 saturated heterocycles. The molecule has 0 aliphatic heterocycles. The minimum Gasteiger partial charge on any atom is -0.304 e. The molecule has 0 radical (unpaired) electrons. The monoisotopic (exact) mass is 163 g/mol. The second kappa shape index (κ2) is 4.97. The van der Waals surface area contributed by atoms with Crippen molar-refractivity contribution in [2.75, 3.05) is 13.6 Å². The van der Waals surface area contributed by atoms with Crippen molar-refractivity contribution in [3.05, 3.63) is 0 Å². The summed E-state index contributed by atoms with van der Waals surface area (Å²) in [7, 11) is 2.13. The van der Waals surface area contributed by atoms with Crippen molar-refractivity contribution in [2.24, 2.45) is 0 Å². The first kappa shape index (κ1) is 10.2. The van der Waals surface area contributed by atoms with Gasteiger partial charge in [0.05, 0.1) is 0 Å². The van der Waals surface area contributed by atoms with Crippen LogP contribution in [0.25, 0.3) is 0 Å². The van der Waals surface area contributed by atoms with Gasteiger partial charge in [0.15, 0.2) is 0 Å². The third kappa shape index (κ3) is 5.07. The fourth-order valence-electron chi connectivity index (χ4n) is 0.640. The number of nitrogens with zero attached hydrogens (tertiary/aromatic N) is 1. The highest BCUT2D eigenvalue weighted by Crippen LogP contribution is 2.02. The first-order valence-corrected chi connectivity index (χ1v) is 4.32. The summed E-state index contributed by atoms with van der Waals surface area (Å²) in [5, 5.41) is 0.307. The number of halogens is 1. The molecule has 0 rings (SSSR count). The molecule has 0 heterocycles. The van der Waals surface area contributed by atoms with Crippen LogP contribution in [0.2, 0.25) is 0 Å². The molecule has 0 N–H and O–H groups in total. The fourth-order valence-corrected chi connectivity index (χ4v) is 0.737. The van der Waals surface area contributed by atoms with Crippen LogP contribution < -0.4 is 0 Å². The van der Waals surface area contributed by atoms with E-state index in [4.69, 9.17) is 11.6 Å². The highest BCUT2D eigenvalue weighted by atomic mass is 35.5. The van der Waals surface area contributed by atoms with Crippen molar-refractivity contribution in [1.29, 1.82) is 0 Å². The molecule has 0 amide bonds. The zero-order valence-corrected chi connectivity index (χ0v) is 8.15. The van der Waals surface area contributed by atoms with E-state index in [1.54, 1.807) is 0 Å². The van der Waals surface area contributed by atoms with Crippen LogP contribution in [0.3, 0.4) is 0 Å². The van der Waals surface area contributed by atoms with E-state index in [0.717, 1.165) is 13.0 Å². The largest absolute Gasteiger partial charge is 0.304 e. The van der Waals surface area contributed by atoms with E-state index in [-0.39, 0.29) is 0 Å². The first-order chi connectivity index (χ1) is 4.54. The lowest BCUT2D eigenvalue weighted by Gasteiger charge is -2.21. The quantitative estimate of drug-likeness (QED) is 0.576. The third-order valence-corrected chi connectivity index (χ3v) is 1.98. The van der Waals surface area contributed by atoms with Crippen LogP contribution >= 0.6 is 11.6 Å². The van der Waals surface area contributed by atoms with Crippen LogP contribution in [-0.4, -0.2) is 29.9 Å². The van der Waals surface area contributed by atoms with Gasteiger partial charge < -0.3 is 4.90 Å². The van der Waals surface area contributed by atoms with Gasteiger partial charge in [-0.05, 0) is 40.8 Å². The SMILES string of the molecule is CC(Cl)CCN(C)C(C)C. The Hall–Kier alpha value is 0.250. The van der Waals surface area contributed by atoms with Gasteiger partial charge in [-0.1, -0.05) is 0 Å². The Balaban J connectivity index is 3.30. The van der Waals surface area contributed by atoms with Gasteiger partial charge in [-0.15, -0.1) is 11.6 Å². The molecule has 0 aromatic heterocycles. The molecule has 2 heteroatoms. The van der Waals surface area contributed by atoms with Crippen molar-refractivity contribution in [1.82, 2.24) is 4.90 Å². The van der Waals surface area contributed by atoms with E-state index in [1.807, 2.05) is 6.92 Å². The molecule has 0 saturated carbocycles. The van der Waals surface area contributed by atoms with Crippen molar-refractivity contribution in [2.45, 2.75) is 38.6 Å². The summed E-state index contributed by atoms with van der Waals surface area (Å²) in [6.07, 6.45) is 1.08. The van der Waals surface area contributed by atoms with Gasteiger partial charge in [-0.2, -0.15) is 0 Å². The highest BCUT2D eigenvalue weighted by molar-refractivity contribution is 6.20. The molecule has 0 aromatic rings. The lowest BCUT2D eigenvalue weighted by Crippen LogP contribution is -2.28. The zero-order valence-electron chi connectivity index (χ0n) is 7.39. The van der Waals surface area contributed by atoms with Gasteiger partial charge in [0.2, 0.25) is 0 Å². The molecule has 1 atom stereocenters. The van der Waals surface area contributed by atoms with E-state index < -0.39 is 0 Å². The minimum absolute atomic E-state index is 0.307. The van der Waals surface area contributed by atoms with Crippen LogP contribution in [0.4, 0.5) is 0 Å². The smallest absolute Gasteiger partial charge is 0.0320 e. The molecule has 0 aliphatic carbocycles. The lowest BCUT2D eigenvalue weighted by molar-refractivity contribution is 0.270. The number of alkyl halides is 1. The molecule has 0 fully saturated rings. The van der Waals surface area contributed by atoms with Crippen LogP contribution in [0.5, 0.6) is 0 Å². The number of hydrogen-bond donors (Lipinski definition) is 0. The Morgan fingerprint density at radius 1 is 1.30 bits per heavy atom. The van der Waals surface area contributed by atoms with Crippen molar-refractivity contribution < 1.29 is 0 Å². The maximum absolute atomic E-state index is 5.80. The van der Waals surface area contributed by atoms with Crippen molar-refractivity contribution in [3.63, 3.8) is 0 Å². The highest BCUT2D eigenvalue weighted by Gasteiger charge is 2.03. The first-order valence-electron chi connectivity index (χ1n) is 3.88. The van der Waals surface area contributed by atoms with Crippen LogP contribution in [0, 0.1) is 0 Å². The summed E-state index contributed by atoms with van der Waals surface area (Å²) in [5.74, 6) is 0. The summed E-state index contributed by atoms with van der Waals surface area (Å²) in [6, 6.07) is 0.635. The van der Waals surface area contributed by atoms with Crippen molar-refractivity contribution in [3.8, 4) is 0 Å². The van der Waals surface area contributed by atoms with Crippen LogP contribution in [0.1, 0.15) is 27.2 Å². The summed E-state index contributed by atoms with van der Waals surface area (Å²) in [5.41, 5.74) is 0.